The molecule has 0 saturated carbocycles. The summed E-state index contributed by atoms with van der Waals surface area (Å²) < 4.78 is 11.8. The Morgan fingerprint density at radius 2 is 2.00 bits per heavy atom. The highest BCUT2D eigenvalue weighted by Gasteiger charge is 2.22. The lowest BCUT2D eigenvalue weighted by Crippen LogP contribution is -2.30. The summed E-state index contributed by atoms with van der Waals surface area (Å²) in [5.74, 6) is 1.63. The van der Waals surface area contributed by atoms with Crippen molar-refractivity contribution in [2.45, 2.75) is 33.0 Å². The molecule has 1 atom stereocenters. The number of hydrogen-bond donors (Lipinski definition) is 0. The predicted molar refractivity (Wildman–Crippen MR) is 104 cm³/mol. The Morgan fingerprint density at radius 1 is 1.15 bits per heavy atom. The number of hydrogen-bond acceptors (Lipinski definition) is 4. The summed E-state index contributed by atoms with van der Waals surface area (Å²) in [7, 11) is 0. The monoisotopic (exact) mass is 348 g/mol. The van der Waals surface area contributed by atoms with E-state index in [-0.39, 0.29) is 6.10 Å². The lowest BCUT2D eigenvalue weighted by Gasteiger charge is -2.21. The molecule has 1 unspecified atom stereocenters. The molecule has 1 aliphatic heterocycles. The molecule has 3 aromatic rings. The van der Waals surface area contributed by atoms with Crippen LogP contribution in [-0.4, -0.2) is 29.1 Å². The van der Waals surface area contributed by atoms with Gasteiger partial charge in [-0.2, -0.15) is 0 Å². The molecule has 1 aliphatic rings. The van der Waals surface area contributed by atoms with Crippen LogP contribution in [0.3, 0.4) is 0 Å². The zero-order valence-electron chi connectivity index (χ0n) is 15.3. The van der Waals surface area contributed by atoms with Crippen molar-refractivity contribution in [1.82, 2.24) is 9.88 Å². The van der Waals surface area contributed by atoms with Crippen LogP contribution < -0.4 is 9.47 Å². The van der Waals surface area contributed by atoms with E-state index in [0.717, 1.165) is 47.7 Å². The van der Waals surface area contributed by atoms with Crippen LogP contribution in [0.1, 0.15) is 25.0 Å². The summed E-state index contributed by atoms with van der Waals surface area (Å²) in [5, 5.41) is 1.09. The van der Waals surface area contributed by atoms with Crippen molar-refractivity contribution in [2.24, 2.45) is 0 Å². The summed E-state index contributed by atoms with van der Waals surface area (Å²) in [6.45, 7) is 7.38. The van der Waals surface area contributed by atoms with Crippen LogP contribution in [-0.2, 0) is 13.1 Å². The summed E-state index contributed by atoms with van der Waals surface area (Å²) in [4.78, 5) is 7.19. The molecule has 0 radical (unpaired) electrons. The molecule has 1 aromatic heterocycles. The predicted octanol–water partition coefficient (Wildman–Crippen LogP) is 4.42. The third-order valence-electron chi connectivity index (χ3n) is 4.61. The Kier molecular flexibility index (Phi) is 4.76. The van der Waals surface area contributed by atoms with Crippen molar-refractivity contribution >= 4 is 10.9 Å². The van der Waals surface area contributed by atoms with E-state index in [1.807, 2.05) is 19.1 Å². The zero-order valence-corrected chi connectivity index (χ0v) is 15.3. The van der Waals surface area contributed by atoms with Crippen LogP contribution in [0.25, 0.3) is 10.9 Å². The first-order valence-corrected chi connectivity index (χ1v) is 9.20. The van der Waals surface area contributed by atoms with Gasteiger partial charge in [-0.1, -0.05) is 30.3 Å². The SMILES string of the molecule is CCOc1ccc2nc3c(cc2c1)CN(Cc1ccccc1)CC(C)O3. The molecule has 4 nitrogen and oxygen atoms in total. The largest absolute Gasteiger partial charge is 0.494 e. The highest BCUT2D eigenvalue weighted by atomic mass is 16.5. The van der Waals surface area contributed by atoms with Gasteiger partial charge in [0, 0.05) is 30.6 Å². The average molecular weight is 348 g/mol. The summed E-state index contributed by atoms with van der Waals surface area (Å²) in [5.41, 5.74) is 3.39. The molecule has 4 rings (SSSR count). The third-order valence-corrected chi connectivity index (χ3v) is 4.61. The first-order valence-electron chi connectivity index (χ1n) is 9.20. The standard InChI is InChI=1S/C22H24N2O2/c1-3-25-20-9-10-21-18(12-20)11-19-15-24(13-16(2)26-22(19)23-21)14-17-7-5-4-6-8-17/h4-12,16H,3,13-15H2,1-2H3. The molecule has 0 fully saturated rings. The second-order valence-corrected chi connectivity index (χ2v) is 6.82. The molecule has 4 heteroatoms. The van der Waals surface area contributed by atoms with Crippen LogP contribution in [0.5, 0.6) is 11.6 Å². The molecule has 0 aliphatic carbocycles. The Labute approximate surface area is 154 Å². The van der Waals surface area contributed by atoms with Gasteiger partial charge in [0.1, 0.15) is 11.9 Å². The molecule has 0 saturated heterocycles. The number of fused-ring (bicyclic) bond motifs is 2. The van der Waals surface area contributed by atoms with Gasteiger partial charge in [-0.3, -0.25) is 4.90 Å². The molecular weight excluding hydrogens is 324 g/mol. The summed E-state index contributed by atoms with van der Waals surface area (Å²) in [6.07, 6.45) is 0.104. The number of ether oxygens (including phenoxy) is 2. The van der Waals surface area contributed by atoms with Gasteiger partial charge in [0.05, 0.1) is 12.1 Å². The lowest BCUT2D eigenvalue weighted by molar-refractivity contribution is 0.153. The van der Waals surface area contributed by atoms with Gasteiger partial charge < -0.3 is 9.47 Å². The van der Waals surface area contributed by atoms with Crippen molar-refractivity contribution in [1.29, 1.82) is 0 Å². The van der Waals surface area contributed by atoms with E-state index in [1.54, 1.807) is 0 Å². The summed E-state index contributed by atoms with van der Waals surface area (Å²) >= 11 is 0. The molecule has 26 heavy (non-hydrogen) atoms. The van der Waals surface area contributed by atoms with Gasteiger partial charge >= 0.3 is 0 Å². The normalized spacial score (nSPS) is 17.4. The second-order valence-electron chi connectivity index (χ2n) is 6.82. The van der Waals surface area contributed by atoms with Crippen LogP contribution in [0.15, 0.2) is 54.6 Å². The van der Waals surface area contributed by atoms with Crippen molar-refractivity contribution in [3.05, 3.63) is 65.7 Å². The van der Waals surface area contributed by atoms with E-state index >= 15 is 0 Å². The third kappa shape index (κ3) is 3.65. The molecular formula is C22H24N2O2. The van der Waals surface area contributed by atoms with Gasteiger partial charge in [-0.05, 0) is 43.7 Å². The molecule has 0 N–H and O–H groups in total. The maximum absolute atomic E-state index is 6.13. The summed E-state index contributed by atoms with van der Waals surface area (Å²) in [6, 6.07) is 18.8. The molecule has 2 aromatic carbocycles. The van der Waals surface area contributed by atoms with Crippen LogP contribution >= 0.6 is 0 Å². The Hall–Kier alpha value is -2.59. The van der Waals surface area contributed by atoms with E-state index in [9.17, 15) is 0 Å². The smallest absolute Gasteiger partial charge is 0.218 e. The molecule has 0 spiro atoms. The number of pyridine rings is 1. The first kappa shape index (κ1) is 16.9. The fourth-order valence-corrected chi connectivity index (χ4v) is 3.51. The minimum Gasteiger partial charge on any atom is -0.494 e. The van der Waals surface area contributed by atoms with Crippen molar-refractivity contribution in [3.63, 3.8) is 0 Å². The highest BCUT2D eigenvalue weighted by molar-refractivity contribution is 5.81. The maximum Gasteiger partial charge on any atom is 0.218 e. The minimum atomic E-state index is 0.104. The lowest BCUT2D eigenvalue weighted by atomic mass is 10.1. The minimum absolute atomic E-state index is 0.104. The van der Waals surface area contributed by atoms with Gasteiger partial charge in [0.15, 0.2) is 0 Å². The second kappa shape index (κ2) is 7.34. The Bertz CT molecular complexity index is 895. The first-order chi connectivity index (χ1) is 12.7. The van der Waals surface area contributed by atoms with E-state index in [1.165, 1.54) is 5.56 Å². The van der Waals surface area contributed by atoms with Crippen molar-refractivity contribution < 1.29 is 9.47 Å². The zero-order chi connectivity index (χ0) is 17.9. The Balaban J connectivity index is 1.66. The topological polar surface area (TPSA) is 34.6 Å². The maximum atomic E-state index is 6.13. The fraction of sp³-hybridized carbons (Fsp3) is 0.318. The van der Waals surface area contributed by atoms with Crippen molar-refractivity contribution in [3.8, 4) is 11.6 Å². The molecule has 0 amide bonds. The number of nitrogens with zero attached hydrogens (tertiary/aromatic N) is 2. The molecule has 2 heterocycles. The van der Waals surface area contributed by atoms with E-state index in [2.05, 4.69) is 54.3 Å². The fourth-order valence-electron chi connectivity index (χ4n) is 3.51. The van der Waals surface area contributed by atoms with E-state index < -0.39 is 0 Å². The Morgan fingerprint density at radius 3 is 2.81 bits per heavy atom. The number of aromatic nitrogens is 1. The van der Waals surface area contributed by atoms with Crippen LogP contribution in [0, 0.1) is 0 Å². The van der Waals surface area contributed by atoms with Gasteiger partial charge in [-0.25, -0.2) is 4.98 Å². The van der Waals surface area contributed by atoms with Gasteiger partial charge in [-0.15, -0.1) is 0 Å². The van der Waals surface area contributed by atoms with Gasteiger partial charge in [0.2, 0.25) is 5.88 Å². The van der Waals surface area contributed by atoms with Crippen molar-refractivity contribution in [2.75, 3.05) is 13.2 Å². The molecule has 0 bridgehead atoms. The van der Waals surface area contributed by atoms with E-state index in [4.69, 9.17) is 14.5 Å². The van der Waals surface area contributed by atoms with Crippen LogP contribution in [0.4, 0.5) is 0 Å². The quantitative estimate of drug-likeness (QED) is 0.699. The average Bonchev–Trinajstić information content (AvgIpc) is 2.78. The van der Waals surface area contributed by atoms with E-state index in [0.29, 0.717) is 6.61 Å². The number of benzene rings is 2. The van der Waals surface area contributed by atoms with Gasteiger partial charge in [0.25, 0.3) is 0 Å². The van der Waals surface area contributed by atoms with Crippen LogP contribution in [0.2, 0.25) is 0 Å². The number of rotatable bonds is 4. The highest BCUT2D eigenvalue weighted by Crippen LogP contribution is 2.29. The molecule has 134 valence electrons.